The Balaban J connectivity index is 2.22. The maximum absolute atomic E-state index is 4.02. The van der Waals surface area contributed by atoms with Crippen LogP contribution < -0.4 is 4.90 Å². The fraction of sp³-hybridized carbons (Fsp3) is 0.0714. The van der Waals surface area contributed by atoms with Crippen LogP contribution in [0.5, 0.6) is 0 Å². The molecule has 0 aromatic heterocycles. The molecule has 0 bridgehead atoms. The fourth-order valence-electron chi connectivity index (χ4n) is 3.17. The van der Waals surface area contributed by atoms with Gasteiger partial charge in [-0.25, -0.2) is 0 Å². The van der Waals surface area contributed by atoms with Gasteiger partial charge in [-0.05, 0) is 49.3 Å². The summed E-state index contributed by atoms with van der Waals surface area (Å²) < 4.78 is 0. The minimum atomic E-state index is 0.961. The Morgan fingerprint density at radius 1 is 0.724 bits per heavy atom. The van der Waals surface area contributed by atoms with Gasteiger partial charge in [-0.3, -0.25) is 0 Å². The molecule has 1 heteroatoms. The Kier molecular flexibility index (Phi) is 6.65. The van der Waals surface area contributed by atoms with Crippen LogP contribution in [0.2, 0.25) is 0 Å². The van der Waals surface area contributed by atoms with Gasteiger partial charge in [0.2, 0.25) is 0 Å². The number of anilines is 1. The number of para-hydroxylation sites is 1. The highest BCUT2D eigenvalue weighted by Crippen LogP contribution is 2.29. The van der Waals surface area contributed by atoms with Gasteiger partial charge in [-0.2, -0.15) is 0 Å². The molecule has 0 aliphatic rings. The van der Waals surface area contributed by atoms with Gasteiger partial charge < -0.3 is 4.90 Å². The lowest BCUT2D eigenvalue weighted by Crippen LogP contribution is -2.15. The number of nitrogens with zero attached hydrogens (tertiary/aromatic N) is 1. The van der Waals surface area contributed by atoms with Gasteiger partial charge in [-0.1, -0.05) is 97.1 Å². The standard InChI is InChI=1S/C28H27N/c1-5-10-26(6-2)29(27-11-8-7-9-12-27)21-28(24-17-13-22(3)14-18-24)25-19-15-23(4)16-20-25/h5-21H,1-2H2,3-4H3. The van der Waals surface area contributed by atoms with Crippen molar-refractivity contribution in [2.24, 2.45) is 0 Å². The van der Waals surface area contributed by atoms with Crippen LogP contribution in [0.1, 0.15) is 22.3 Å². The van der Waals surface area contributed by atoms with E-state index in [0.717, 1.165) is 17.0 Å². The molecule has 0 amide bonds. The Bertz CT molecular complexity index is 972. The molecule has 0 unspecified atom stereocenters. The predicted octanol–water partition coefficient (Wildman–Crippen LogP) is 7.46. The number of benzene rings is 3. The SMILES string of the molecule is C=CC=C(C=C)N(C=C(c1ccc(C)cc1)c1ccc(C)cc1)c1ccccc1. The van der Waals surface area contributed by atoms with E-state index in [1.165, 1.54) is 22.3 Å². The number of hydrogen-bond acceptors (Lipinski definition) is 1. The molecule has 0 aliphatic carbocycles. The highest BCUT2D eigenvalue weighted by Gasteiger charge is 2.12. The largest absolute Gasteiger partial charge is 0.317 e. The minimum Gasteiger partial charge on any atom is -0.317 e. The van der Waals surface area contributed by atoms with E-state index in [1.54, 1.807) is 6.08 Å². The number of allylic oxidation sites excluding steroid dienone is 3. The molecule has 0 saturated heterocycles. The molecule has 0 heterocycles. The second kappa shape index (κ2) is 9.57. The van der Waals surface area contributed by atoms with Gasteiger partial charge in [0.15, 0.2) is 0 Å². The zero-order chi connectivity index (χ0) is 20.6. The molecule has 3 rings (SSSR count). The normalized spacial score (nSPS) is 10.9. The summed E-state index contributed by atoms with van der Waals surface area (Å²) in [6.45, 7) is 12.1. The summed E-state index contributed by atoms with van der Waals surface area (Å²) in [5, 5.41) is 0. The van der Waals surface area contributed by atoms with Crippen molar-refractivity contribution in [3.8, 4) is 0 Å². The van der Waals surface area contributed by atoms with Gasteiger partial charge >= 0.3 is 0 Å². The van der Waals surface area contributed by atoms with Gasteiger partial charge in [0, 0.05) is 23.2 Å². The van der Waals surface area contributed by atoms with Gasteiger partial charge in [0.05, 0.1) is 0 Å². The molecule has 0 fully saturated rings. The Hall–Kier alpha value is -3.58. The first-order valence-corrected chi connectivity index (χ1v) is 9.77. The lowest BCUT2D eigenvalue weighted by molar-refractivity contribution is 1.20. The second-order valence-electron chi connectivity index (χ2n) is 7.01. The smallest absolute Gasteiger partial charge is 0.0455 e. The monoisotopic (exact) mass is 377 g/mol. The average molecular weight is 378 g/mol. The molecule has 0 spiro atoms. The summed E-state index contributed by atoms with van der Waals surface area (Å²) in [6, 6.07) is 27.6. The van der Waals surface area contributed by atoms with Crippen molar-refractivity contribution in [2.75, 3.05) is 4.90 Å². The third-order valence-electron chi connectivity index (χ3n) is 4.79. The first-order chi connectivity index (χ1) is 14.1. The van der Waals surface area contributed by atoms with Crippen molar-refractivity contribution in [1.82, 2.24) is 0 Å². The van der Waals surface area contributed by atoms with E-state index >= 15 is 0 Å². The van der Waals surface area contributed by atoms with Gasteiger partial charge in [-0.15, -0.1) is 0 Å². The summed E-state index contributed by atoms with van der Waals surface area (Å²) in [6.07, 6.45) is 7.80. The average Bonchev–Trinajstić information content (AvgIpc) is 2.76. The molecule has 1 nitrogen and oxygen atoms in total. The van der Waals surface area contributed by atoms with Crippen LogP contribution >= 0.6 is 0 Å². The summed E-state index contributed by atoms with van der Waals surface area (Å²) in [7, 11) is 0. The van der Waals surface area contributed by atoms with E-state index in [4.69, 9.17) is 0 Å². The molecular formula is C28H27N. The Morgan fingerprint density at radius 2 is 1.24 bits per heavy atom. The molecule has 0 radical (unpaired) electrons. The maximum atomic E-state index is 4.02. The van der Waals surface area contributed by atoms with E-state index in [9.17, 15) is 0 Å². The second-order valence-corrected chi connectivity index (χ2v) is 7.01. The molecule has 0 aliphatic heterocycles. The van der Waals surface area contributed by atoms with Crippen molar-refractivity contribution in [1.29, 1.82) is 0 Å². The predicted molar refractivity (Wildman–Crippen MR) is 127 cm³/mol. The summed E-state index contributed by atoms with van der Waals surface area (Å²) in [4.78, 5) is 2.16. The van der Waals surface area contributed by atoms with E-state index in [0.29, 0.717) is 0 Å². The van der Waals surface area contributed by atoms with E-state index in [-0.39, 0.29) is 0 Å². The van der Waals surface area contributed by atoms with Gasteiger partial charge in [0.25, 0.3) is 0 Å². The van der Waals surface area contributed by atoms with Crippen molar-refractivity contribution in [2.45, 2.75) is 13.8 Å². The first kappa shape index (κ1) is 20.2. The van der Waals surface area contributed by atoms with Gasteiger partial charge in [0.1, 0.15) is 0 Å². The van der Waals surface area contributed by atoms with Crippen LogP contribution in [0.4, 0.5) is 5.69 Å². The van der Waals surface area contributed by atoms with Crippen LogP contribution in [0.15, 0.2) is 122 Å². The third kappa shape index (κ3) is 5.03. The molecule has 0 N–H and O–H groups in total. The zero-order valence-electron chi connectivity index (χ0n) is 17.2. The molecular weight excluding hydrogens is 350 g/mol. The minimum absolute atomic E-state index is 0.961. The van der Waals surface area contributed by atoms with E-state index < -0.39 is 0 Å². The van der Waals surface area contributed by atoms with Crippen LogP contribution in [0.3, 0.4) is 0 Å². The zero-order valence-corrected chi connectivity index (χ0v) is 17.2. The quantitative estimate of drug-likeness (QED) is 0.386. The van der Waals surface area contributed by atoms with E-state index in [2.05, 4.69) is 98.8 Å². The topological polar surface area (TPSA) is 3.24 Å². The summed E-state index contributed by atoms with van der Waals surface area (Å²) in [5.41, 5.74) is 8.00. The molecule has 29 heavy (non-hydrogen) atoms. The molecule has 3 aromatic carbocycles. The van der Waals surface area contributed by atoms with Crippen LogP contribution in [0.25, 0.3) is 5.57 Å². The maximum Gasteiger partial charge on any atom is 0.0455 e. The molecule has 144 valence electrons. The fourth-order valence-corrected chi connectivity index (χ4v) is 3.17. The highest BCUT2D eigenvalue weighted by atomic mass is 15.1. The van der Waals surface area contributed by atoms with Crippen LogP contribution in [0, 0.1) is 13.8 Å². The highest BCUT2D eigenvalue weighted by molar-refractivity contribution is 5.82. The summed E-state index contributed by atoms with van der Waals surface area (Å²) in [5.74, 6) is 0. The molecule has 0 saturated carbocycles. The number of rotatable bonds is 7. The van der Waals surface area contributed by atoms with Crippen molar-refractivity contribution in [3.05, 3.63) is 144 Å². The van der Waals surface area contributed by atoms with Crippen LogP contribution in [-0.4, -0.2) is 0 Å². The third-order valence-corrected chi connectivity index (χ3v) is 4.79. The number of aryl methyl sites for hydroxylation is 2. The Labute approximate surface area is 174 Å². The van der Waals surface area contributed by atoms with Crippen molar-refractivity contribution >= 4 is 11.3 Å². The lowest BCUT2D eigenvalue weighted by atomic mass is 9.97. The first-order valence-electron chi connectivity index (χ1n) is 9.77. The van der Waals surface area contributed by atoms with E-state index in [1.807, 2.05) is 30.4 Å². The lowest BCUT2D eigenvalue weighted by Gasteiger charge is -2.24. The molecule has 3 aromatic rings. The molecule has 0 atom stereocenters. The summed E-state index contributed by atoms with van der Waals surface area (Å²) >= 11 is 0. The van der Waals surface area contributed by atoms with Crippen molar-refractivity contribution in [3.63, 3.8) is 0 Å². The number of hydrogen-bond donors (Lipinski definition) is 0. The van der Waals surface area contributed by atoms with Crippen LogP contribution in [-0.2, 0) is 0 Å². The Morgan fingerprint density at radius 3 is 1.69 bits per heavy atom. The van der Waals surface area contributed by atoms with Crippen molar-refractivity contribution < 1.29 is 0 Å².